The van der Waals surface area contributed by atoms with Gasteiger partial charge >= 0.3 is 11.8 Å². The van der Waals surface area contributed by atoms with Gasteiger partial charge in [0.05, 0.1) is 12.3 Å². The zero-order chi connectivity index (χ0) is 21.6. The van der Waals surface area contributed by atoms with E-state index >= 15 is 0 Å². The molecule has 0 radical (unpaired) electrons. The van der Waals surface area contributed by atoms with Crippen molar-refractivity contribution in [1.82, 2.24) is 15.5 Å². The average molecular weight is 421 g/mol. The molecule has 3 aromatic rings. The molecular formula is C24H24FN3O3. The summed E-state index contributed by atoms with van der Waals surface area (Å²) in [6.07, 6.45) is 2.52. The van der Waals surface area contributed by atoms with E-state index in [4.69, 9.17) is 4.42 Å². The van der Waals surface area contributed by atoms with Crippen molar-refractivity contribution in [3.05, 3.63) is 95.2 Å². The molecule has 2 N–H and O–H groups in total. The van der Waals surface area contributed by atoms with Crippen LogP contribution in [-0.2, 0) is 29.1 Å². The molecule has 0 aliphatic carbocycles. The third-order valence-electron chi connectivity index (χ3n) is 5.50. The smallest absolute Gasteiger partial charge is 0.309 e. The summed E-state index contributed by atoms with van der Waals surface area (Å²) < 4.78 is 18.6. The van der Waals surface area contributed by atoms with Crippen LogP contribution in [0.5, 0.6) is 0 Å². The quantitative estimate of drug-likeness (QED) is 0.600. The van der Waals surface area contributed by atoms with Crippen LogP contribution in [-0.4, -0.2) is 29.8 Å². The first-order valence-corrected chi connectivity index (χ1v) is 10.2. The van der Waals surface area contributed by atoms with Gasteiger partial charge in [0.1, 0.15) is 11.6 Å². The molecule has 2 amide bonds. The number of nitrogens with zero attached hydrogens (tertiary/aromatic N) is 1. The number of halogens is 1. The van der Waals surface area contributed by atoms with Crippen LogP contribution in [0.2, 0.25) is 0 Å². The van der Waals surface area contributed by atoms with Gasteiger partial charge < -0.3 is 15.1 Å². The molecule has 0 saturated heterocycles. The second-order valence-electron chi connectivity index (χ2n) is 7.54. The largest absolute Gasteiger partial charge is 0.468 e. The molecule has 0 bridgehead atoms. The standard InChI is InChI=1S/C24H24FN3O3/c25-20-9-7-17(8-10-20)14-26-23(29)24(30)27-15-21(22-6-3-13-31-22)28-12-11-18-4-1-2-5-19(18)16-28/h1-10,13,21H,11-12,14-16H2,(H,26,29)(H,27,30)/t21-/m0/s1. The van der Waals surface area contributed by atoms with Crippen LogP contribution in [0.3, 0.4) is 0 Å². The van der Waals surface area contributed by atoms with Crippen molar-refractivity contribution >= 4 is 11.8 Å². The van der Waals surface area contributed by atoms with Crippen LogP contribution in [0.25, 0.3) is 0 Å². The van der Waals surface area contributed by atoms with E-state index in [9.17, 15) is 14.0 Å². The fourth-order valence-corrected chi connectivity index (χ4v) is 3.81. The van der Waals surface area contributed by atoms with E-state index in [1.807, 2.05) is 24.3 Å². The summed E-state index contributed by atoms with van der Waals surface area (Å²) >= 11 is 0. The number of amides is 2. The molecule has 0 spiro atoms. The maximum absolute atomic E-state index is 13.0. The van der Waals surface area contributed by atoms with E-state index in [0.717, 1.165) is 25.3 Å². The van der Waals surface area contributed by atoms with E-state index in [1.54, 1.807) is 18.4 Å². The number of carbonyl (C=O) groups is 2. The Labute approximate surface area is 180 Å². The minimum atomic E-state index is -0.730. The Hall–Kier alpha value is -3.45. The minimum absolute atomic E-state index is 0.150. The highest BCUT2D eigenvalue weighted by Gasteiger charge is 2.27. The summed E-state index contributed by atoms with van der Waals surface area (Å²) in [6, 6.07) is 17.6. The van der Waals surface area contributed by atoms with Crippen LogP contribution in [0, 0.1) is 5.82 Å². The predicted octanol–water partition coefficient (Wildman–Crippen LogP) is 2.95. The van der Waals surface area contributed by atoms with E-state index in [1.165, 1.54) is 23.3 Å². The molecule has 4 rings (SSSR count). The van der Waals surface area contributed by atoms with Gasteiger partial charge in [-0.15, -0.1) is 0 Å². The molecule has 1 atom stereocenters. The highest BCUT2D eigenvalue weighted by Crippen LogP contribution is 2.27. The number of furan rings is 1. The summed E-state index contributed by atoms with van der Waals surface area (Å²) in [5, 5.41) is 5.28. The van der Waals surface area contributed by atoms with Gasteiger partial charge in [-0.1, -0.05) is 36.4 Å². The normalized spacial score (nSPS) is 14.5. The third-order valence-corrected chi connectivity index (χ3v) is 5.50. The Morgan fingerprint density at radius 3 is 2.45 bits per heavy atom. The molecule has 2 aromatic carbocycles. The number of hydrogen-bond acceptors (Lipinski definition) is 4. The van der Waals surface area contributed by atoms with Crippen molar-refractivity contribution in [3.63, 3.8) is 0 Å². The third kappa shape index (κ3) is 5.19. The number of carbonyl (C=O) groups excluding carboxylic acids is 2. The van der Waals surface area contributed by atoms with Gasteiger partial charge in [0.25, 0.3) is 0 Å². The number of hydrogen-bond donors (Lipinski definition) is 2. The van der Waals surface area contributed by atoms with Crippen molar-refractivity contribution < 1.29 is 18.4 Å². The monoisotopic (exact) mass is 421 g/mol. The van der Waals surface area contributed by atoms with Crippen LogP contribution >= 0.6 is 0 Å². The minimum Gasteiger partial charge on any atom is -0.468 e. The molecule has 6 nitrogen and oxygen atoms in total. The predicted molar refractivity (Wildman–Crippen MR) is 113 cm³/mol. The lowest BCUT2D eigenvalue weighted by Crippen LogP contribution is -2.45. The molecule has 1 aromatic heterocycles. The van der Waals surface area contributed by atoms with Gasteiger partial charge in [0.2, 0.25) is 0 Å². The Kier molecular flexibility index (Phi) is 6.43. The lowest BCUT2D eigenvalue weighted by molar-refractivity contribution is -0.139. The molecule has 0 saturated carbocycles. The summed E-state index contributed by atoms with van der Waals surface area (Å²) in [7, 11) is 0. The SMILES string of the molecule is O=C(NCc1ccc(F)cc1)C(=O)NC[C@@H](c1ccco1)N1CCc2ccccc2C1. The van der Waals surface area contributed by atoms with E-state index in [-0.39, 0.29) is 24.9 Å². The molecule has 160 valence electrons. The fraction of sp³-hybridized carbons (Fsp3) is 0.250. The molecule has 31 heavy (non-hydrogen) atoms. The molecular weight excluding hydrogens is 397 g/mol. The van der Waals surface area contributed by atoms with Crippen molar-refractivity contribution in [2.75, 3.05) is 13.1 Å². The van der Waals surface area contributed by atoms with E-state index in [2.05, 4.69) is 27.7 Å². The van der Waals surface area contributed by atoms with Gasteiger partial charge in [-0.2, -0.15) is 0 Å². The molecule has 1 aliphatic rings. The summed E-state index contributed by atoms with van der Waals surface area (Å²) in [4.78, 5) is 26.8. The van der Waals surface area contributed by atoms with Crippen LogP contribution in [0.4, 0.5) is 4.39 Å². The summed E-state index contributed by atoms with van der Waals surface area (Å²) in [6.45, 7) is 1.97. The highest BCUT2D eigenvalue weighted by molar-refractivity contribution is 6.35. The van der Waals surface area contributed by atoms with Gasteiger partial charge in [-0.3, -0.25) is 14.5 Å². The molecule has 0 fully saturated rings. The molecule has 7 heteroatoms. The number of benzene rings is 2. The fourth-order valence-electron chi connectivity index (χ4n) is 3.81. The first kappa shape index (κ1) is 20.8. The Morgan fingerprint density at radius 1 is 0.968 bits per heavy atom. The molecule has 2 heterocycles. The second-order valence-corrected chi connectivity index (χ2v) is 7.54. The first-order chi connectivity index (χ1) is 15.1. The second kappa shape index (κ2) is 9.57. The van der Waals surface area contributed by atoms with Crippen molar-refractivity contribution in [3.8, 4) is 0 Å². The van der Waals surface area contributed by atoms with Gasteiger partial charge in [0, 0.05) is 26.2 Å². The molecule has 0 unspecified atom stereocenters. The van der Waals surface area contributed by atoms with Crippen LogP contribution in [0.1, 0.15) is 28.5 Å². The van der Waals surface area contributed by atoms with Crippen molar-refractivity contribution in [1.29, 1.82) is 0 Å². The molecule has 1 aliphatic heterocycles. The highest BCUT2D eigenvalue weighted by atomic mass is 19.1. The van der Waals surface area contributed by atoms with Gasteiger partial charge in [-0.25, -0.2) is 4.39 Å². The maximum Gasteiger partial charge on any atom is 0.309 e. The average Bonchev–Trinajstić information content (AvgIpc) is 3.33. The number of fused-ring (bicyclic) bond motifs is 1. The van der Waals surface area contributed by atoms with E-state index < -0.39 is 11.8 Å². The van der Waals surface area contributed by atoms with Crippen LogP contribution in [0.15, 0.2) is 71.3 Å². The topological polar surface area (TPSA) is 74.6 Å². The van der Waals surface area contributed by atoms with Gasteiger partial charge in [-0.05, 0) is 47.4 Å². The van der Waals surface area contributed by atoms with Crippen molar-refractivity contribution in [2.24, 2.45) is 0 Å². The first-order valence-electron chi connectivity index (χ1n) is 10.2. The summed E-state index contributed by atoms with van der Waals surface area (Å²) in [5.41, 5.74) is 3.30. The lowest BCUT2D eigenvalue weighted by Gasteiger charge is -2.34. The Morgan fingerprint density at radius 2 is 1.71 bits per heavy atom. The summed E-state index contributed by atoms with van der Waals surface area (Å²) in [5.74, 6) is -1.05. The van der Waals surface area contributed by atoms with Gasteiger partial charge in [0.15, 0.2) is 0 Å². The zero-order valence-corrected chi connectivity index (χ0v) is 17.0. The number of rotatable bonds is 6. The van der Waals surface area contributed by atoms with E-state index in [0.29, 0.717) is 5.56 Å². The van der Waals surface area contributed by atoms with Crippen LogP contribution < -0.4 is 10.6 Å². The van der Waals surface area contributed by atoms with Crippen molar-refractivity contribution in [2.45, 2.75) is 25.6 Å². The lowest BCUT2D eigenvalue weighted by atomic mass is 9.98. The Bertz CT molecular complexity index is 1030. The number of nitrogens with one attached hydrogen (secondary N) is 2. The maximum atomic E-state index is 13.0. The zero-order valence-electron chi connectivity index (χ0n) is 17.0. The Balaban J connectivity index is 1.36.